The van der Waals surface area contributed by atoms with E-state index in [0.717, 1.165) is 24.0 Å². The van der Waals surface area contributed by atoms with Crippen molar-refractivity contribution >= 4 is 5.97 Å². The van der Waals surface area contributed by atoms with Crippen molar-refractivity contribution in [2.45, 2.75) is 129 Å². The topological polar surface area (TPSA) is 44.8 Å². The molecule has 0 spiro atoms. The monoisotopic (exact) mass is 510 g/mol. The summed E-state index contributed by atoms with van der Waals surface area (Å²) in [6.07, 6.45) is 16.1. The van der Waals surface area contributed by atoms with Gasteiger partial charge in [-0.1, -0.05) is 145 Å². The quantitative estimate of drug-likeness (QED) is 0.0900. The van der Waals surface area contributed by atoms with E-state index >= 15 is 0 Å². The highest BCUT2D eigenvalue weighted by atomic mass is 16.7. The second kappa shape index (κ2) is 20.8. The van der Waals surface area contributed by atoms with Crippen molar-refractivity contribution < 1.29 is 19.0 Å². The minimum atomic E-state index is -0.629. The van der Waals surface area contributed by atoms with Gasteiger partial charge in [0, 0.05) is 6.42 Å². The lowest BCUT2D eigenvalue weighted by Gasteiger charge is -2.25. The third kappa shape index (κ3) is 15.6. The van der Waals surface area contributed by atoms with Gasteiger partial charge in [0.2, 0.25) is 0 Å². The average molecular weight is 511 g/mol. The van der Waals surface area contributed by atoms with Crippen molar-refractivity contribution in [3.63, 3.8) is 0 Å². The maximum absolute atomic E-state index is 12.5. The molecule has 1 unspecified atom stereocenters. The first-order valence-electron chi connectivity index (χ1n) is 14.7. The molecule has 1 atom stereocenters. The zero-order valence-electron chi connectivity index (χ0n) is 23.4. The summed E-state index contributed by atoms with van der Waals surface area (Å²) in [5.74, 6) is -0.174. The number of rotatable bonds is 22. The predicted molar refractivity (Wildman–Crippen MR) is 152 cm³/mol. The fourth-order valence-corrected chi connectivity index (χ4v) is 4.43. The molecule has 0 aromatic heterocycles. The molecule has 0 aliphatic carbocycles. The Morgan fingerprint density at radius 2 is 1.03 bits per heavy atom. The molecule has 0 amide bonds. The van der Waals surface area contributed by atoms with Crippen LogP contribution in [0, 0.1) is 0 Å². The standard InChI is InChI=1S/C33H50O4/c1-3-4-5-6-7-8-9-10-11-12-13-14-21-26-32(34)37-29(2)33(35-27-30-22-17-15-18-23-30)36-28-31-24-19-16-20-25-31/h15-20,22-25,29,33H,3-14,21,26-28H2,1-2H3. The fraction of sp³-hybridized carbons (Fsp3) is 0.606. The minimum absolute atomic E-state index is 0.174. The summed E-state index contributed by atoms with van der Waals surface area (Å²) in [7, 11) is 0. The highest BCUT2D eigenvalue weighted by molar-refractivity contribution is 5.69. The molecule has 37 heavy (non-hydrogen) atoms. The van der Waals surface area contributed by atoms with Gasteiger partial charge in [0.25, 0.3) is 0 Å². The summed E-state index contributed by atoms with van der Waals surface area (Å²) in [5.41, 5.74) is 2.11. The summed E-state index contributed by atoms with van der Waals surface area (Å²) in [6.45, 7) is 4.93. The Kier molecular flexibility index (Phi) is 17.5. The van der Waals surface area contributed by atoms with E-state index in [0.29, 0.717) is 19.6 Å². The van der Waals surface area contributed by atoms with Crippen LogP contribution in [0.2, 0.25) is 0 Å². The first-order valence-corrected chi connectivity index (χ1v) is 14.7. The van der Waals surface area contributed by atoms with Crippen molar-refractivity contribution in [3.8, 4) is 0 Å². The van der Waals surface area contributed by atoms with Crippen LogP contribution in [0.25, 0.3) is 0 Å². The van der Waals surface area contributed by atoms with Gasteiger partial charge >= 0.3 is 5.97 Å². The SMILES string of the molecule is CCCCCCCCCCCCCCCC(=O)OC(C)C(OCc1ccccc1)OCc1ccccc1. The van der Waals surface area contributed by atoms with Gasteiger partial charge in [-0.2, -0.15) is 0 Å². The average Bonchev–Trinajstić information content (AvgIpc) is 2.92. The normalized spacial score (nSPS) is 12.1. The second-order valence-corrected chi connectivity index (χ2v) is 10.1. The lowest BCUT2D eigenvalue weighted by Crippen LogP contribution is -2.33. The highest BCUT2D eigenvalue weighted by Crippen LogP contribution is 2.16. The Morgan fingerprint density at radius 3 is 1.46 bits per heavy atom. The third-order valence-electron chi connectivity index (χ3n) is 6.70. The van der Waals surface area contributed by atoms with Crippen LogP contribution < -0.4 is 0 Å². The smallest absolute Gasteiger partial charge is 0.306 e. The summed E-state index contributed by atoms with van der Waals surface area (Å²) >= 11 is 0. The first-order chi connectivity index (χ1) is 18.2. The number of carbonyl (C=O) groups is 1. The number of ether oxygens (including phenoxy) is 3. The molecule has 2 aromatic rings. The van der Waals surface area contributed by atoms with E-state index in [9.17, 15) is 4.79 Å². The Bertz CT molecular complexity index is 749. The van der Waals surface area contributed by atoms with Gasteiger partial charge in [-0.15, -0.1) is 0 Å². The molecule has 0 fully saturated rings. The van der Waals surface area contributed by atoms with E-state index in [1.165, 1.54) is 70.6 Å². The van der Waals surface area contributed by atoms with Crippen molar-refractivity contribution in [2.75, 3.05) is 0 Å². The van der Waals surface area contributed by atoms with E-state index in [1.54, 1.807) is 0 Å². The molecule has 0 saturated carbocycles. The van der Waals surface area contributed by atoms with E-state index in [1.807, 2.05) is 67.6 Å². The van der Waals surface area contributed by atoms with Gasteiger partial charge < -0.3 is 14.2 Å². The molecule has 4 heteroatoms. The third-order valence-corrected chi connectivity index (χ3v) is 6.70. The molecular weight excluding hydrogens is 460 g/mol. The number of hydrogen-bond donors (Lipinski definition) is 0. The Hall–Kier alpha value is -2.17. The van der Waals surface area contributed by atoms with Crippen LogP contribution in [0.3, 0.4) is 0 Å². The minimum Gasteiger partial charge on any atom is -0.457 e. The first kappa shape index (κ1) is 31.1. The van der Waals surface area contributed by atoms with Gasteiger partial charge in [-0.3, -0.25) is 4.79 Å². The van der Waals surface area contributed by atoms with Crippen LogP contribution in [0.5, 0.6) is 0 Å². The second-order valence-electron chi connectivity index (χ2n) is 10.1. The van der Waals surface area contributed by atoms with Crippen LogP contribution in [0.15, 0.2) is 60.7 Å². The molecule has 2 rings (SSSR count). The molecule has 0 N–H and O–H groups in total. The van der Waals surface area contributed by atoms with Crippen LogP contribution >= 0.6 is 0 Å². The zero-order chi connectivity index (χ0) is 26.4. The van der Waals surface area contributed by atoms with Gasteiger partial charge in [0.15, 0.2) is 6.29 Å². The molecule has 2 aromatic carbocycles. The molecule has 0 saturated heterocycles. The maximum atomic E-state index is 12.5. The molecule has 4 nitrogen and oxygen atoms in total. The van der Waals surface area contributed by atoms with Crippen molar-refractivity contribution in [2.24, 2.45) is 0 Å². The van der Waals surface area contributed by atoms with Crippen molar-refractivity contribution in [1.29, 1.82) is 0 Å². The largest absolute Gasteiger partial charge is 0.457 e. The molecule has 206 valence electrons. The molecule has 0 aliphatic heterocycles. The summed E-state index contributed by atoms with van der Waals surface area (Å²) in [5, 5.41) is 0. The maximum Gasteiger partial charge on any atom is 0.306 e. The van der Waals surface area contributed by atoms with E-state index in [4.69, 9.17) is 14.2 Å². The molecule has 0 bridgehead atoms. The van der Waals surface area contributed by atoms with Crippen LogP contribution in [0.1, 0.15) is 115 Å². The molecular formula is C33H50O4. The van der Waals surface area contributed by atoms with E-state index < -0.39 is 12.4 Å². The summed E-state index contributed by atoms with van der Waals surface area (Å²) in [4.78, 5) is 12.5. The van der Waals surface area contributed by atoms with Crippen LogP contribution in [-0.2, 0) is 32.2 Å². The highest BCUT2D eigenvalue weighted by Gasteiger charge is 2.23. The molecule has 0 aliphatic rings. The number of carbonyl (C=O) groups excluding carboxylic acids is 1. The summed E-state index contributed by atoms with van der Waals surface area (Å²) < 4.78 is 17.8. The Labute approximate surface area is 226 Å². The number of hydrogen-bond acceptors (Lipinski definition) is 4. The number of esters is 1. The van der Waals surface area contributed by atoms with Crippen molar-refractivity contribution in [3.05, 3.63) is 71.8 Å². The summed E-state index contributed by atoms with van der Waals surface area (Å²) in [6, 6.07) is 19.9. The molecule has 0 radical (unpaired) electrons. The predicted octanol–water partition coefficient (Wildman–Crippen LogP) is 9.16. The van der Waals surface area contributed by atoms with Gasteiger partial charge in [-0.25, -0.2) is 0 Å². The lowest BCUT2D eigenvalue weighted by atomic mass is 10.0. The fourth-order valence-electron chi connectivity index (χ4n) is 4.43. The van der Waals surface area contributed by atoms with Crippen LogP contribution in [0.4, 0.5) is 0 Å². The number of unbranched alkanes of at least 4 members (excludes halogenated alkanes) is 12. The van der Waals surface area contributed by atoms with E-state index in [-0.39, 0.29) is 5.97 Å². The number of benzene rings is 2. The van der Waals surface area contributed by atoms with Crippen LogP contribution in [-0.4, -0.2) is 18.4 Å². The van der Waals surface area contributed by atoms with Gasteiger partial charge in [0.05, 0.1) is 13.2 Å². The van der Waals surface area contributed by atoms with E-state index in [2.05, 4.69) is 6.92 Å². The van der Waals surface area contributed by atoms with Crippen molar-refractivity contribution in [1.82, 2.24) is 0 Å². The molecule has 0 heterocycles. The van der Waals surface area contributed by atoms with Gasteiger partial charge in [-0.05, 0) is 24.5 Å². The Balaban J connectivity index is 1.60. The zero-order valence-corrected chi connectivity index (χ0v) is 23.4. The Morgan fingerprint density at radius 1 is 0.622 bits per heavy atom. The lowest BCUT2D eigenvalue weighted by molar-refractivity contribution is -0.215. The van der Waals surface area contributed by atoms with Gasteiger partial charge in [0.1, 0.15) is 6.10 Å².